The molecule has 1 aliphatic rings. The molecule has 0 unspecified atom stereocenters. The normalized spacial score (nSPS) is 14.9. The number of amides is 2. The number of likely N-dealkylation sites (tertiary alicyclic amines) is 1. The number of anilines is 1. The van der Waals surface area contributed by atoms with E-state index in [1.54, 1.807) is 12.1 Å². The summed E-state index contributed by atoms with van der Waals surface area (Å²) in [7, 11) is 1.53. The summed E-state index contributed by atoms with van der Waals surface area (Å²) >= 11 is 6.14. The van der Waals surface area contributed by atoms with Crippen LogP contribution in [-0.4, -0.2) is 43.5 Å². The van der Waals surface area contributed by atoms with Crippen LogP contribution in [0.25, 0.3) is 0 Å². The van der Waals surface area contributed by atoms with E-state index in [0.29, 0.717) is 16.5 Å². The average Bonchev–Trinajstić information content (AvgIpc) is 2.83. The number of rotatable bonds is 4. The molecule has 0 atom stereocenters. The van der Waals surface area contributed by atoms with Crippen LogP contribution in [-0.2, 0) is 9.59 Å². The fourth-order valence-electron chi connectivity index (χ4n) is 2.94. The zero-order valence-electron chi connectivity index (χ0n) is 14.6. The molecule has 1 aliphatic heterocycles. The number of ether oxygens (including phenoxy) is 1. The summed E-state index contributed by atoms with van der Waals surface area (Å²) in [4.78, 5) is 28.1. The van der Waals surface area contributed by atoms with Gasteiger partial charge >= 0.3 is 0 Å². The van der Waals surface area contributed by atoms with Gasteiger partial charge in [0.2, 0.25) is 11.8 Å². The topological polar surface area (TPSA) is 49.9 Å². The van der Waals surface area contributed by atoms with Crippen LogP contribution in [0.15, 0.2) is 12.1 Å². The molecule has 1 aromatic carbocycles. The molecule has 0 aromatic heterocycles. The number of carbonyl (C=O) groups is 2. The molecule has 1 saturated heterocycles. The molecule has 1 fully saturated rings. The SMILES string of the molecule is COc1cc(Cl)c(C)cc1N(CC(=O)N1CCCCCC1)C(C)=O. The standard InChI is InChI=1S/C18H25ClN2O3/c1-13-10-16(17(24-3)11-15(13)19)21(14(2)22)12-18(23)20-8-6-4-5-7-9-20/h10-11H,4-9,12H2,1-3H3. The van der Waals surface area contributed by atoms with Gasteiger partial charge in [-0.05, 0) is 31.4 Å². The first-order valence-corrected chi connectivity index (χ1v) is 8.72. The predicted octanol–water partition coefficient (Wildman–Crippen LogP) is 3.41. The molecule has 1 aromatic rings. The predicted molar refractivity (Wildman–Crippen MR) is 95.8 cm³/mol. The lowest BCUT2D eigenvalue weighted by Crippen LogP contribution is -2.42. The largest absolute Gasteiger partial charge is 0.495 e. The van der Waals surface area contributed by atoms with E-state index in [1.165, 1.54) is 18.9 Å². The van der Waals surface area contributed by atoms with E-state index >= 15 is 0 Å². The highest BCUT2D eigenvalue weighted by molar-refractivity contribution is 6.31. The average molecular weight is 353 g/mol. The second kappa shape index (κ2) is 8.38. The lowest BCUT2D eigenvalue weighted by molar-refractivity contribution is -0.131. The van der Waals surface area contributed by atoms with E-state index in [1.807, 2.05) is 11.8 Å². The lowest BCUT2D eigenvalue weighted by atomic mass is 10.1. The molecule has 0 radical (unpaired) electrons. The number of benzene rings is 1. The van der Waals surface area contributed by atoms with E-state index in [4.69, 9.17) is 16.3 Å². The minimum atomic E-state index is -0.196. The first-order valence-electron chi connectivity index (χ1n) is 8.34. The van der Waals surface area contributed by atoms with E-state index in [9.17, 15) is 9.59 Å². The van der Waals surface area contributed by atoms with Crippen LogP contribution in [0, 0.1) is 6.92 Å². The lowest BCUT2D eigenvalue weighted by Gasteiger charge is -2.27. The monoisotopic (exact) mass is 352 g/mol. The Balaban J connectivity index is 2.25. The highest BCUT2D eigenvalue weighted by Gasteiger charge is 2.24. The Hall–Kier alpha value is -1.75. The van der Waals surface area contributed by atoms with Gasteiger partial charge in [0.15, 0.2) is 0 Å². The Morgan fingerprint density at radius 1 is 1.21 bits per heavy atom. The molecular weight excluding hydrogens is 328 g/mol. The highest BCUT2D eigenvalue weighted by Crippen LogP contribution is 2.34. The van der Waals surface area contributed by atoms with Gasteiger partial charge in [0, 0.05) is 31.1 Å². The summed E-state index contributed by atoms with van der Waals surface area (Å²) < 4.78 is 5.36. The molecule has 5 nitrogen and oxygen atoms in total. The number of carbonyl (C=O) groups excluding carboxylic acids is 2. The van der Waals surface area contributed by atoms with Gasteiger partial charge < -0.3 is 9.64 Å². The molecule has 2 amide bonds. The van der Waals surface area contributed by atoms with Gasteiger partial charge in [-0.15, -0.1) is 0 Å². The summed E-state index contributed by atoms with van der Waals surface area (Å²) in [5.41, 5.74) is 1.41. The van der Waals surface area contributed by atoms with Crippen molar-refractivity contribution in [2.24, 2.45) is 0 Å². The minimum absolute atomic E-state index is 0.0206. The van der Waals surface area contributed by atoms with Gasteiger partial charge in [-0.3, -0.25) is 14.5 Å². The molecule has 0 bridgehead atoms. The van der Waals surface area contributed by atoms with E-state index in [-0.39, 0.29) is 18.4 Å². The Bertz CT molecular complexity index is 611. The second-order valence-electron chi connectivity index (χ2n) is 6.17. The van der Waals surface area contributed by atoms with Crippen molar-refractivity contribution in [3.63, 3.8) is 0 Å². The summed E-state index contributed by atoms with van der Waals surface area (Å²) in [6.07, 6.45) is 4.36. The maximum Gasteiger partial charge on any atom is 0.242 e. The first kappa shape index (κ1) is 18.6. The van der Waals surface area contributed by atoms with Crippen molar-refractivity contribution in [2.75, 3.05) is 31.6 Å². The van der Waals surface area contributed by atoms with Crippen LogP contribution in [0.3, 0.4) is 0 Å². The molecule has 1 heterocycles. The van der Waals surface area contributed by atoms with Crippen LogP contribution in [0.2, 0.25) is 5.02 Å². The van der Waals surface area contributed by atoms with Crippen LogP contribution >= 0.6 is 11.6 Å². The molecule has 0 saturated carbocycles. The molecule has 0 aliphatic carbocycles. The second-order valence-corrected chi connectivity index (χ2v) is 6.58. The molecular formula is C18H25ClN2O3. The number of methoxy groups -OCH3 is 1. The van der Waals surface area contributed by atoms with Crippen LogP contribution in [0.1, 0.15) is 38.2 Å². The Morgan fingerprint density at radius 3 is 2.38 bits per heavy atom. The van der Waals surface area contributed by atoms with Gasteiger partial charge in [-0.1, -0.05) is 24.4 Å². The summed E-state index contributed by atoms with van der Waals surface area (Å²) in [5, 5.41) is 0.568. The van der Waals surface area contributed by atoms with Gasteiger partial charge in [0.25, 0.3) is 0 Å². The zero-order valence-corrected chi connectivity index (χ0v) is 15.4. The molecule has 0 N–H and O–H groups in total. The Morgan fingerprint density at radius 2 is 1.83 bits per heavy atom. The first-order chi connectivity index (χ1) is 11.4. The van der Waals surface area contributed by atoms with Crippen molar-refractivity contribution in [2.45, 2.75) is 39.5 Å². The zero-order chi connectivity index (χ0) is 17.7. The Labute approximate surface area is 148 Å². The fraction of sp³-hybridized carbons (Fsp3) is 0.556. The summed E-state index contributed by atoms with van der Waals surface area (Å²) in [5.74, 6) is 0.268. The smallest absolute Gasteiger partial charge is 0.242 e. The fourth-order valence-corrected chi connectivity index (χ4v) is 3.10. The molecule has 24 heavy (non-hydrogen) atoms. The van der Waals surface area contributed by atoms with Crippen molar-refractivity contribution >= 4 is 29.1 Å². The third-order valence-electron chi connectivity index (χ3n) is 4.38. The van der Waals surface area contributed by atoms with Crippen LogP contribution < -0.4 is 9.64 Å². The quantitative estimate of drug-likeness (QED) is 0.834. The van der Waals surface area contributed by atoms with Gasteiger partial charge in [0.1, 0.15) is 12.3 Å². The molecule has 132 valence electrons. The highest BCUT2D eigenvalue weighted by atomic mass is 35.5. The van der Waals surface area contributed by atoms with Crippen molar-refractivity contribution < 1.29 is 14.3 Å². The van der Waals surface area contributed by atoms with E-state index < -0.39 is 0 Å². The van der Waals surface area contributed by atoms with Gasteiger partial charge in [0.05, 0.1) is 12.8 Å². The number of nitrogens with zero attached hydrogens (tertiary/aromatic N) is 2. The van der Waals surface area contributed by atoms with Crippen LogP contribution in [0.4, 0.5) is 5.69 Å². The van der Waals surface area contributed by atoms with Crippen molar-refractivity contribution in [3.8, 4) is 5.75 Å². The number of aryl methyl sites for hydroxylation is 1. The van der Waals surface area contributed by atoms with Gasteiger partial charge in [-0.25, -0.2) is 0 Å². The van der Waals surface area contributed by atoms with E-state index in [0.717, 1.165) is 44.3 Å². The maximum absolute atomic E-state index is 12.7. The van der Waals surface area contributed by atoms with Gasteiger partial charge in [-0.2, -0.15) is 0 Å². The summed E-state index contributed by atoms with van der Waals surface area (Å²) in [6.45, 7) is 4.87. The Kier molecular flexibility index (Phi) is 6.49. The van der Waals surface area contributed by atoms with Crippen molar-refractivity contribution in [3.05, 3.63) is 22.7 Å². The molecule has 0 spiro atoms. The maximum atomic E-state index is 12.7. The molecule has 2 rings (SSSR count). The third-order valence-corrected chi connectivity index (χ3v) is 4.79. The van der Waals surface area contributed by atoms with Crippen molar-refractivity contribution in [1.29, 1.82) is 0 Å². The van der Waals surface area contributed by atoms with E-state index in [2.05, 4.69) is 0 Å². The number of halogens is 1. The van der Waals surface area contributed by atoms with Crippen LogP contribution in [0.5, 0.6) is 5.75 Å². The number of hydrogen-bond donors (Lipinski definition) is 0. The minimum Gasteiger partial charge on any atom is -0.495 e. The van der Waals surface area contributed by atoms with Crippen molar-refractivity contribution in [1.82, 2.24) is 4.90 Å². The summed E-state index contributed by atoms with van der Waals surface area (Å²) in [6, 6.07) is 3.47. The molecule has 6 heteroatoms. The third kappa shape index (κ3) is 4.41. The number of hydrogen-bond acceptors (Lipinski definition) is 3.